The molecule has 2 N–H and O–H groups in total. The van der Waals surface area contributed by atoms with Gasteiger partial charge in [-0.25, -0.2) is 0 Å². The van der Waals surface area contributed by atoms with Crippen LogP contribution in [0.4, 0.5) is 0 Å². The summed E-state index contributed by atoms with van der Waals surface area (Å²) in [6, 6.07) is 3.22. The zero-order chi connectivity index (χ0) is 15.9. The summed E-state index contributed by atoms with van der Waals surface area (Å²) >= 11 is 0. The van der Waals surface area contributed by atoms with Crippen molar-refractivity contribution in [1.29, 1.82) is 0 Å². The Hall–Kier alpha value is -1.56. The molecule has 0 amide bonds. The molecule has 0 radical (unpaired) electrons. The lowest BCUT2D eigenvalue weighted by molar-refractivity contribution is 0.115. The van der Waals surface area contributed by atoms with Crippen LogP contribution in [-0.2, 0) is 13.6 Å². The van der Waals surface area contributed by atoms with Gasteiger partial charge in [-0.2, -0.15) is 5.10 Å². The molecule has 1 aliphatic heterocycles. The van der Waals surface area contributed by atoms with Gasteiger partial charge in [0.15, 0.2) is 5.96 Å². The van der Waals surface area contributed by atoms with Gasteiger partial charge in [0, 0.05) is 38.9 Å². The molecule has 22 heavy (non-hydrogen) atoms. The second kappa shape index (κ2) is 8.17. The lowest BCUT2D eigenvalue weighted by atomic mass is 10.0. The molecule has 1 fully saturated rings. The number of aliphatic imine (C=N–C) groups is 1. The fraction of sp³-hybridized carbons (Fsp3) is 0.750. The predicted molar refractivity (Wildman–Crippen MR) is 90.9 cm³/mol. The normalized spacial score (nSPS) is 21.6. The number of hydrogen-bond donors (Lipinski definition) is 2. The highest BCUT2D eigenvalue weighted by atomic mass is 15.3. The Balaban J connectivity index is 1.77. The minimum Gasteiger partial charge on any atom is -0.355 e. The van der Waals surface area contributed by atoms with Crippen molar-refractivity contribution in [3.8, 4) is 0 Å². The van der Waals surface area contributed by atoms with Gasteiger partial charge in [0.25, 0.3) is 0 Å². The summed E-state index contributed by atoms with van der Waals surface area (Å²) in [6.45, 7) is 7.49. The molecule has 1 saturated heterocycles. The maximum absolute atomic E-state index is 4.30. The SMILES string of the molecule is CN=C(NCc1ccnn1C)NCC(C)N1CCCCC1C. The molecule has 6 nitrogen and oxygen atoms in total. The third-order valence-electron chi connectivity index (χ3n) is 4.57. The smallest absolute Gasteiger partial charge is 0.191 e. The van der Waals surface area contributed by atoms with Crippen LogP contribution in [0.25, 0.3) is 0 Å². The van der Waals surface area contributed by atoms with Crippen LogP contribution >= 0.6 is 0 Å². The minimum atomic E-state index is 0.519. The molecule has 2 unspecified atom stereocenters. The Labute approximate surface area is 134 Å². The summed E-state index contributed by atoms with van der Waals surface area (Å²) < 4.78 is 1.87. The van der Waals surface area contributed by atoms with Crippen LogP contribution in [0.5, 0.6) is 0 Å². The van der Waals surface area contributed by atoms with Crippen LogP contribution in [0.15, 0.2) is 17.3 Å². The first-order valence-corrected chi connectivity index (χ1v) is 8.29. The van der Waals surface area contributed by atoms with Crippen molar-refractivity contribution in [3.05, 3.63) is 18.0 Å². The molecule has 2 atom stereocenters. The molecule has 0 aliphatic carbocycles. The molecular formula is C16H30N6. The van der Waals surface area contributed by atoms with Gasteiger partial charge in [0.05, 0.1) is 12.2 Å². The fourth-order valence-electron chi connectivity index (χ4n) is 3.11. The van der Waals surface area contributed by atoms with Crippen LogP contribution in [0.1, 0.15) is 38.8 Å². The van der Waals surface area contributed by atoms with Crippen molar-refractivity contribution in [2.24, 2.45) is 12.0 Å². The lowest BCUT2D eigenvalue weighted by Gasteiger charge is -2.38. The lowest BCUT2D eigenvalue weighted by Crippen LogP contribution is -2.50. The first-order chi connectivity index (χ1) is 10.6. The van der Waals surface area contributed by atoms with Gasteiger partial charge in [-0.15, -0.1) is 0 Å². The Morgan fingerprint density at radius 1 is 1.45 bits per heavy atom. The maximum atomic E-state index is 4.30. The van der Waals surface area contributed by atoms with Gasteiger partial charge >= 0.3 is 0 Å². The number of rotatable bonds is 5. The number of guanidine groups is 1. The first-order valence-electron chi connectivity index (χ1n) is 8.29. The number of hydrogen-bond acceptors (Lipinski definition) is 3. The van der Waals surface area contributed by atoms with Crippen LogP contribution in [-0.4, -0.2) is 52.9 Å². The number of piperidine rings is 1. The fourth-order valence-corrected chi connectivity index (χ4v) is 3.11. The van der Waals surface area contributed by atoms with E-state index in [0.717, 1.165) is 24.7 Å². The van der Waals surface area contributed by atoms with E-state index in [2.05, 4.69) is 39.5 Å². The molecule has 1 aromatic heterocycles. The quantitative estimate of drug-likeness (QED) is 0.637. The third kappa shape index (κ3) is 4.47. The van der Waals surface area contributed by atoms with E-state index in [1.807, 2.05) is 31.0 Å². The Bertz CT molecular complexity index is 481. The highest BCUT2D eigenvalue weighted by Gasteiger charge is 2.22. The number of likely N-dealkylation sites (tertiary alicyclic amines) is 1. The van der Waals surface area contributed by atoms with E-state index in [1.165, 1.54) is 25.8 Å². The third-order valence-corrected chi connectivity index (χ3v) is 4.57. The first kappa shape index (κ1) is 16.8. The molecule has 0 aromatic carbocycles. The summed E-state index contributed by atoms with van der Waals surface area (Å²) in [7, 11) is 3.76. The predicted octanol–water partition coefficient (Wildman–Crippen LogP) is 1.35. The summed E-state index contributed by atoms with van der Waals surface area (Å²) in [5.74, 6) is 0.845. The molecule has 124 valence electrons. The zero-order valence-electron chi connectivity index (χ0n) is 14.3. The number of nitrogens with zero attached hydrogens (tertiary/aromatic N) is 4. The highest BCUT2D eigenvalue weighted by Crippen LogP contribution is 2.18. The Morgan fingerprint density at radius 3 is 2.91 bits per heavy atom. The van der Waals surface area contributed by atoms with Crippen molar-refractivity contribution < 1.29 is 0 Å². The van der Waals surface area contributed by atoms with Crippen molar-refractivity contribution in [2.45, 2.75) is 51.7 Å². The molecule has 0 bridgehead atoms. The molecule has 2 heterocycles. The van der Waals surface area contributed by atoms with E-state index in [1.54, 1.807) is 0 Å². The average Bonchev–Trinajstić information content (AvgIpc) is 2.93. The van der Waals surface area contributed by atoms with Crippen LogP contribution in [0.3, 0.4) is 0 Å². The molecule has 1 aliphatic rings. The minimum absolute atomic E-state index is 0.519. The van der Waals surface area contributed by atoms with E-state index in [9.17, 15) is 0 Å². The van der Waals surface area contributed by atoms with Crippen LogP contribution < -0.4 is 10.6 Å². The molecule has 1 aromatic rings. The van der Waals surface area contributed by atoms with Crippen molar-refractivity contribution in [3.63, 3.8) is 0 Å². The summed E-state index contributed by atoms with van der Waals surface area (Å²) in [5, 5.41) is 11.0. The molecular weight excluding hydrogens is 276 g/mol. The van der Waals surface area contributed by atoms with Crippen LogP contribution in [0.2, 0.25) is 0 Å². The van der Waals surface area contributed by atoms with E-state index < -0.39 is 0 Å². The van der Waals surface area contributed by atoms with Crippen molar-refractivity contribution in [2.75, 3.05) is 20.1 Å². The summed E-state index contributed by atoms with van der Waals surface area (Å²) in [6.07, 6.45) is 5.82. The van der Waals surface area contributed by atoms with Gasteiger partial charge in [-0.1, -0.05) is 6.42 Å². The average molecular weight is 306 g/mol. The van der Waals surface area contributed by atoms with Gasteiger partial charge in [-0.05, 0) is 39.3 Å². The van der Waals surface area contributed by atoms with Gasteiger partial charge in [0.2, 0.25) is 0 Å². The van der Waals surface area contributed by atoms with Gasteiger partial charge < -0.3 is 10.6 Å². The van der Waals surface area contributed by atoms with E-state index in [0.29, 0.717) is 12.1 Å². The molecule has 0 saturated carbocycles. The molecule has 0 spiro atoms. The van der Waals surface area contributed by atoms with Crippen molar-refractivity contribution >= 4 is 5.96 Å². The molecule has 2 rings (SSSR count). The second-order valence-corrected chi connectivity index (χ2v) is 6.18. The topological polar surface area (TPSA) is 57.5 Å². The molecule has 6 heteroatoms. The van der Waals surface area contributed by atoms with Crippen LogP contribution in [0, 0.1) is 0 Å². The van der Waals surface area contributed by atoms with E-state index in [4.69, 9.17) is 0 Å². The maximum Gasteiger partial charge on any atom is 0.191 e. The number of aromatic nitrogens is 2. The van der Waals surface area contributed by atoms with Gasteiger partial charge in [0.1, 0.15) is 0 Å². The van der Waals surface area contributed by atoms with Crippen molar-refractivity contribution in [1.82, 2.24) is 25.3 Å². The van der Waals surface area contributed by atoms with E-state index >= 15 is 0 Å². The zero-order valence-corrected chi connectivity index (χ0v) is 14.3. The number of aryl methyl sites for hydroxylation is 1. The largest absolute Gasteiger partial charge is 0.355 e. The summed E-state index contributed by atoms with van der Waals surface area (Å²) in [4.78, 5) is 6.90. The highest BCUT2D eigenvalue weighted by molar-refractivity contribution is 5.79. The number of nitrogens with one attached hydrogen (secondary N) is 2. The summed E-state index contributed by atoms with van der Waals surface area (Å²) in [5.41, 5.74) is 1.14. The second-order valence-electron chi connectivity index (χ2n) is 6.18. The Morgan fingerprint density at radius 2 is 2.27 bits per heavy atom. The Kier molecular flexibility index (Phi) is 6.24. The van der Waals surface area contributed by atoms with E-state index in [-0.39, 0.29) is 0 Å². The van der Waals surface area contributed by atoms with Gasteiger partial charge in [-0.3, -0.25) is 14.6 Å². The monoisotopic (exact) mass is 306 g/mol. The standard InChI is InChI=1S/C16H30N6/c1-13-7-5-6-10-22(13)14(2)11-18-16(17-3)19-12-15-8-9-20-21(15)4/h8-9,13-14H,5-7,10-12H2,1-4H3,(H2,17,18,19).